The number of hydrogen-bond acceptors (Lipinski definition) is 3. The molecule has 2 aliphatic rings. The van der Waals surface area contributed by atoms with Crippen molar-refractivity contribution in [2.75, 3.05) is 39.4 Å². The summed E-state index contributed by atoms with van der Waals surface area (Å²) in [6.07, 6.45) is 5.12. The van der Waals surface area contributed by atoms with Crippen molar-refractivity contribution in [1.82, 2.24) is 15.5 Å². The van der Waals surface area contributed by atoms with E-state index in [1.165, 1.54) is 37.8 Å². The summed E-state index contributed by atoms with van der Waals surface area (Å²) in [7, 11) is 0. The van der Waals surface area contributed by atoms with Gasteiger partial charge in [-0.25, -0.2) is 0 Å². The van der Waals surface area contributed by atoms with E-state index < -0.39 is 0 Å². The Bertz CT molecular complexity index is 544. The first-order chi connectivity index (χ1) is 12.8. The molecule has 1 unspecified atom stereocenters. The first-order valence-corrected chi connectivity index (χ1v) is 10.2. The zero-order valence-corrected chi connectivity index (χ0v) is 16.1. The van der Waals surface area contributed by atoms with Crippen molar-refractivity contribution in [3.8, 4) is 0 Å². The summed E-state index contributed by atoms with van der Waals surface area (Å²) in [6.45, 7) is 8.63. The van der Waals surface area contributed by atoms with E-state index in [2.05, 4.69) is 57.8 Å². The second kappa shape index (κ2) is 10.5. The van der Waals surface area contributed by atoms with Crippen LogP contribution in [0.5, 0.6) is 0 Å². The van der Waals surface area contributed by atoms with Gasteiger partial charge in [-0.3, -0.25) is 9.89 Å². The van der Waals surface area contributed by atoms with Gasteiger partial charge in [0.1, 0.15) is 0 Å². The summed E-state index contributed by atoms with van der Waals surface area (Å²) in [5.74, 6) is 1.75. The maximum Gasteiger partial charge on any atom is 0.191 e. The minimum absolute atomic E-state index is 0.456. The highest BCUT2D eigenvalue weighted by Gasteiger charge is 2.21. The van der Waals surface area contributed by atoms with Gasteiger partial charge in [0.25, 0.3) is 0 Å². The minimum atomic E-state index is 0.456. The van der Waals surface area contributed by atoms with Crippen LogP contribution in [-0.2, 0) is 11.3 Å². The lowest BCUT2D eigenvalue weighted by Gasteiger charge is -2.34. The highest BCUT2D eigenvalue weighted by Crippen LogP contribution is 2.28. The van der Waals surface area contributed by atoms with Crippen molar-refractivity contribution in [3.63, 3.8) is 0 Å². The lowest BCUT2D eigenvalue weighted by molar-refractivity contribution is 0.131. The molecule has 1 aliphatic carbocycles. The van der Waals surface area contributed by atoms with Crippen LogP contribution >= 0.6 is 0 Å². The fourth-order valence-corrected chi connectivity index (χ4v) is 3.43. The molecule has 3 rings (SSSR count). The third kappa shape index (κ3) is 6.96. The molecule has 5 heteroatoms. The molecule has 2 N–H and O–H groups in total. The normalized spacial score (nSPS) is 21.6. The van der Waals surface area contributed by atoms with Gasteiger partial charge in [-0.1, -0.05) is 30.3 Å². The van der Waals surface area contributed by atoms with Crippen LogP contribution in [0.15, 0.2) is 35.3 Å². The molecule has 0 amide bonds. The number of aliphatic imine (C=N–C) groups is 1. The van der Waals surface area contributed by atoms with Crippen LogP contribution in [0.2, 0.25) is 0 Å². The molecule has 2 fully saturated rings. The Hall–Kier alpha value is -1.59. The summed E-state index contributed by atoms with van der Waals surface area (Å²) >= 11 is 0. The molecule has 1 saturated carbocycles. The van der Waals surface area contributed by atoms with Gasteiger partial charge in [-0.15, -0.1) is 0 Å². The van der Waals surface area contributed by atoms with Crippen molar-refractivity contribution in [3.05, 3.63) is 35.9 Å². The molecule has 26 heavy (non-hydrogen) atoms. The molecule has 1 aromatic rings. The van der Waals surface area contributed by atoms with E-state index >= 15 is 0 Å². The lowest BCUT2D eigenvalue weighted by Crippen LogP contribution is -2.51. The average molecular weight is 359 g/mol. The predicted molar refractivity (Wildman–Crippen MR) is 107 cm³/mol. The number of nitrogens with zero attached hydrogens (tertiary/aromatic N) is 2. The summed E-state index contributed by atoms with van der Waals surface area (Å²) in [4.78, 5) is 7.23. The molecule has 0 bridgehead atoms. The summed E-state index contributed by atoms with van der Waals surface area (Å²) in [5, 5.41) is 7.00. The predicted octanol–water partition coefficient (Wildman–Crippen LogP) is 2.63. The molecular weight excluding hydrogens is 324 g/mol. The highest BCUT2D eigenvalue weighted by atomic mass is 16.5. The zero-order valence-electron chi connectivity index (χ0n) is 16.1. The van der Waals surface area contributed by atoms with E-state index in [1.54, 1.807) is 0 Å². The molecule has 0 aromatic heterocycles. The van der Waals surface area contributed by atoms with Crippen LogP contribution in [0, 0.1) is 5.92 Å². The second-order valence-corrected chi connectivity index (χ2v) is 7.48. The van der Waals surface area contributed by atoms with Gasteiger partial charge in [0.2, 0.25) is 0 Å². The van der Waals surface area contributed by atoms with Crippen LogP contribution in [0.1, 0.15) is 38.2 Å². The Morgan fingerprint density at radius 2 is 2.08 bits per heavy atom. The molecule has 0 radical (unpaired) electrons. The monoisotopic (exact) mass is 358 g/mol. The third-order valence-electron chi connectivity index (χ3n) is 5.00. The molecule has 1 aromatic carbocycles. The molecular formula is C21H34N4O. The molecule has 1 saturated heterocycles. The van der Waals surface area contributed by atoms with Crippen LogP contribution in [-0.4, -0.2) is 56.3 Å². The molecule has 144 valence electrons. The number of guanidine groups is 1. The average Bonchev–Trinajstić information content (AvgIpc) is 3.47. The number of likely N-dealkylation sites (tertiary alicyclic amines) is 1. The highest BCUT2D eigenvalue weighted by molar-refractivity contribution is 5.80. The SMILES string of the molecule is CCNC(=NCCOCC1CC1)NC1CCCN(Cc2ccccc2)C1. The fourth-order valence-electron chi connectivity index (χ4n) is 3.43. The Morgan fingerprint density at radius 3 is 2.85 bits per heavy atom. The Labute approximate surface area is 158 Å². The number of benzene rings is 1. The van der Waals surface area contributed by atoms with Crippen molar-refractivity contribution in [2.45, 2.75) is 45.2 Å². The van der Waals surface area contributed by atoms with Gasteiger partial charge >= 0.3 is 0 Å². The summed E-state index contributed by atoms with van der Waals surface area (Å²) in [5.41, 5.74) is 1.39. The van der Waals surface area contributed by atoms with Gasteiger partial charge in [0.15, 0.2) is 5.96 Å². The quantitative estimate of drug-likeness (QED) is 0.405. The van der Waals surface area contributed by atoms with E-state index in [0.29, 0.717) is 6.04 Å². The largest absolute Gasteiger partial charge is 0.379 e. The maximum atomic E-state index is 5.69. The number of rotatable bonds is 9. The topological polar surface area (TPSA) is 48.9 Å². The Kier molecular flexibility index (Phi) is 7.77. The maximum absolute atomic E-state index is 5.69. The van der Waals surface area contributed by atoms with Gasteiger partial charge < -0.3 is 15.4 Å². The molecule has 0 spiro atoms. The van der Waals surface area contributed by atoms with Crippen LogP contribution in [0.3, 0.4) is 0 Å². The summed E-state index contributed by atoms with van der Waals surface area (Å²) in [6, 6.07) is 11.2. The van der Waals surface area contributed by atoms with E-state index in [9.17, 15) is 0 Å². The van der Waals surface area contributed by atoms with Crippen LogP contribution in [0.25, 0.3) is 0 Å². The zero-order chi connectivity index (χ0) is 18.0. The molecule has 1 aliphatic heterocycles. The van der Waals surface area contributed by atoms with Crippen molar-refractivity contribution in [2.24, 2.45) is 10.9 Å². The van der Waals surface area contributed by atoms with Crippen molar-refractivity contribution >= 4 is 5.96 Å². The van der Waals surface area contributed by atoms with Crippen molar-refractivity contribution < 1.29 is 4.74 Å². The van der Waals surface area contributed by atoms with E-state index in [1.807, 2.05) is 0 Å². The smallest absolute Gasteiger partial charge is 0.191 e. The number of piperidine rings is 1. The Morgan fingerprint density at radius 1 is 1.23 bits per heavy atom. The molecule has 1 heterocycles. The number of nitrogens with one attached hydrogen (secondary N) is 2. The number of ether oxygens (including phenoxy) is 1. The van der Waals surface area contributed by atoms with Crippen LogP contribution < -0.4 is 10.6 Å². The van der Waals surface area contributed by atoms with E-state index in [-0.39, 0.29) is 0 Å². The second-order valence-electron chi connectivity index (χ2n) is 7.48. The van der Waals surface area contributed by atoms with Crippen molar-refractivity contribution in [1.29, 1.82) is 0 Å². The van der Waals surface area contributed by atoms with Gasteiger partial charge in [0, 0.05) is 32.3 Å². The molecule has 1 atom stereocenters. The van der Waals surface area contributed by atoms with Crippen LogP contribution in [0.4, 0.5) is 0 Å². The van der Waals surface area contributed by atoms with E-state index in [4.69, 9.17) is 4.74 Å². The van der Waals surface area contributed by atoms with E-state index in [0.717, 1.165) is 51.3 Å². The summed E-state index contributed by atoms with van der Waals surface area (Å²) < 4.78 is 5.69. The molecule has 5 nitrogen and oxygen atoms in total. The fraction of sp³-hybridized carbons (Fsp3) is 0.667. The minimum Gasteiger partial charge on any atom is -0.379 e. The Balaban J connectivity index is 1.42. The third-order valence-corrected chi connectivity index (χ3v) is 5.00. The first-order valence-electron chi connectivity index (χ1n) is 10.2. The number of hydrogen-bond donors (Lipinski definition) is 2. The van der Waals surface area contributed by atoms with Gasteiger partial charge in [0.05, 0.1) is 13.2 Å². The first kappa shape index (κ1) is 19.2. The van der Waals surface area contributed by atoms with Gasteiger partial charge in [-0.05, 0) is 50.6 Å². The lowest BCUT2D eigenvalue weighted by atomic mass is 10.0. The standard InChI is InChI=1S/C21H34N4O/c1-2-22-21(23-12-14-26-17-19-10-11-19)24-20-9-6-13-25(16-20)15-18-7-4-3-5-8-18/h3-5,7-8,19-20H,2,6,9-17H2,1H3,(H2,22,23,24). The van der Waals surface area contributed by atoms with Gasteiger partial charge in [-0.2, -0.15) is 0 Å².